The Hall–Kier alpha value is -3.62. The van der Waals surface area contributed by atoms with Crippen molar-refractivity contribution >= 4 is 40.5 Å². The zero-order valence-electron chi connectivity index (χ0n) is 17.5. The number of aromatic nitrogens is 1. The standard InChI is InChI=1S/C24H19ClN2O5S/c1-2-31-24(30)22-18(13-20(33-22)15-6-8-16(25)9-7-15)26-23(29)19-11-10-17(32-19)14-27-12-4-3-5-21(27)28/h3-13H,2,14H2,1H3,(H,26,29). The molecule has 1 amide bonds. The summed E-state index contributed by atoms with van der Waals surface area (Å²) >= 11 is 7.18. The normalized spacial score (nSPS) is 10.7. The Balaban J connectivity index is 1.57. The molecule has 7 nitrogen and oxygen atoms in total. The van der Waals surface area contributed by atoms with Crippen molar-refractivity contribution in [2.24, 2.45) is 0 Å². The van der Waals surface area contributed by atoms with Gasteiger partial charge in [-0.2, -0.15) is 0 Å². The van der Waals surface area contributed by atoms with Crippen molar-refractivity contribution in [1.82, 2.24) is 4.57 Å². The largest absolute Gasteiger partial charge is 0.462 e. The highest BCUT2D eigenvalue weighted by Gasteiger charge is 2.22. The number of halogens is 1. The second-order valence-electron chi connectivity index (χ2n) is 6.97. The molecule has 0 aliphatic carbocycles. The molecule has 0 atom stereocenters. The van der Waals surface area contributed by atoms with Gasteiger partial charge in [0.1, 0.15) is 10.6 Å². The number of esters is 1. The lowest BCUT2D eigenvalue weighted by Crippen LogP contribution is -2.18. The van der Waals surface area contributed by atoms with Crippen LogP contribution >= 0.6 is 22.9 Å². The fourth-order valence-electron chi connectivity index (χ4n) is 3.12. The van der Waals surface area contributed by atoms with Gasteiger partial charge in [0.2, 0.25) is 0 Å². The molecule has 1 aromatic carbocycles. The molecule has 0 aliphatic rings. The highest BCUT2D eigenvalue weighted by atomic mass is 35.5. The molecule has 0 aliphatic heterocycles. The molecule has 0 spiro atoms. The van der Waals surface area contributed by atoms with Crippen LogP contribution in [-0.2, 0) is 11.3 Å². The van der Waals surface area contributed by atoms with Crippen LogP contribution < -0.4 is 10.9 Å². The Bertz CT molecular complexity index is 1350. The van der Waals surface area contributed by atoms with Crippen LogP contribution in [0.15, 0.2) is 76.1 Å². The first-order chi connectivity index (χ1) is 15.9. The second kappa shape index (κ2) is 9.89. The minimum Gasteiger partial charge on any atom is -0.462 e. The number of pyridine rings is 1. The molecule has 33 heavy (non-hydrogen) atoms. The number of rotatable bonds is 7. The smallest absolute Gasteiger partial charge is 0.350 e. The van der Waals surface area contributed by atoms with Gasteiger partial charge in [0.25, 0.3) is 11.5 Å². The summed E-state index contributed by atoms with van der Waals surface area (Å²) in [6, 6.07) is 16.9. The average Bonchev–Trinajstić information content (AvgIpc) is 3.43. The molecule has 4 rings (SSSR count). The zero-order valence-corrected chi connectivity index (χ0v) is 19.1. The summed E-state index contributed by atoms with van der Waals surface area (Å²) in [5.74, 6) is -0.538. The number of amides is 1. The summed E-state index contributed by atoms with van der Waals surface area (Å²) in [6.07, 6.45) is 1.64. The Morgan fingerprint density at radius 3 is 2.64 bits per heavy atom. The first-order valence-corrected chi connectivity index (χ1v) is 11.3. The Morgan fingerprint density at radius 1 is 1.12 bits per heavy atom. The van der Waals surface area contributed by atoms with Gasteiger partial charge < -0.3 is 19.0 Å². The lowest BCUT2D eigenvalue weighted by molar-refractivity contribution is 0.0533. The van der Waals surface area contributed by atoms with E-state index in [1.165, 1.54) is 28.0 Å². The summed E-state index contributed by atoms with van der Waals surface area (Å²) in [5, 5.41) is 3.34. The predicted octanol–water partition coefficient (Wildman–Crippen LogP) is 5.30. The maximum absolute atomic E-state index is 12.8. The average molecular weight is 483 g/mol. The van der Waals surface area contributed by atoms with Gasteiger partial charge in [-0.25, -0.2) is 4.79 Å². The number of furan rings is 1. The number of benzene rings is 1. The first-order valence-electron chi connectivity index (χ1n) is 10.1. The Labute approximate surface area is 198 Å². The Morgan fingerprint density at radius 2 is 1.91 bits per heavy atom. The van der Waals surface area contributed by atoms with Gasteiger partial charge >= 0.3 is 5.97 Å². The molecule has 1 N–H and O–H groups in total. The molecule has 9 heteroatoms. The van der Waals surface area contributed by atoms with Crippen molar-refractivity contribution in [3.8, 4) is 10.4 Å². The summed E-state index contributed by atoms with van der Waals surface area (Å²) in [4.78, 5) is 38.3. The summed E-state index contributed by atoms with van der Waals surface area (Å²) < 4.78 is 12.2. The number of anilines is 1. The molecule has 3 heterocycles. The number of nitrogens with zero attached hydrogens (tertiary/aromatic N) is 1. The van der Waals surface area contributed by atoms with E-state index in [0.717, 1.165) is 10.4 Å². The van der Waals surface area contributed by atoms with Gasteiger partial charge in [0, 0.05) is 22.2 Å². The fraction of sp³-hybridized carbons (Fsp3) is 0.125. The number of nitrogens with one attached hydrogen (secondary N) is 1. The third kappa shape index (κ3) is 5.24. The van der Waals surface area contributed by atoms with Crippen molar-refractivity contribution in [1.29, 1.82) is 0 Å². The van der Waals surface area contributed by atoms with Gasteiger partial charge in [-0.1, -0.05) is 29.8 Å². The molecule has 0 saturated carbocycles. The van der Waals surface area contributed by atoms with Crippen LogP contribution in [0.1, 0.15) is 32.9 Å². The van der Waals surface area contributed by atoms with Crippen LogP contribution in [0.3, 0.4) is 0 Å². The van der Waals surface area contributed by atoms with Crippen LogP contribution in [0.25, 0.3) is 10.4 Å². The van der Waals surface area contributed by atoms with Crippen LogP contribution in [0.5, 0.6) is 0 Å². The van der Waals surface area contributed by atoms with Gasteiger partial charge in [-0.15, -0.1) is 11.3 Å². The van der Waals surface area contributed by atoms with E-state index in [-0.39, 0.29) is 29.3 Å². The molecule has 168 valence electrons. The van der Waals surface area contributed by atoms with E-state index in [9.17, 15) is 14.4 Å². The van der Waals surface area contributed by atoms with E-state index in [4.69, 9.17) is 20.8 Å². The van der Waals surface area contributed by atoms with E-state index in [0.29, 0.717) is 16.5 Å². The number of ether oxygens (including phenoxy) is 1. The number of thiophene rings is 1. The van der Waals surface area contributed by atoms with Gasteiger partial charge in [0.15, 0.2) is 5.76 Å². The molecule has 0 bridgehead atoms. The maximum Gasteiger partial charge on any atom is 0.350 e. The van der Waals surface area contributed by atoms with Gasteiger partial charge in [-0.3, -0.25) is 9.59 Å². The lowest BCUT2D eigenvalue weighted by atomic mass is 10.2. The summed E-state index contributed by atoms with van der Waals surface area (Å²) in [7, 11) is 0. The van der Waals surface area contributed by atoms with E-state index in [2.05, 4.69) is 5.32 Å². The number of carbonyl (C=O) groups excluding carboxylic acids is 2. The number of carbonyl (C=O) groups is 2. The quantitative estimate of drug-likeness (QED) is 0.361. The highest BCUT2D eigenvalue weighted by Crippen LogP contribution is 2.36. The van der Waals surface area contributed by atoms with Crippen LogP contribution in [0.4, 0.5) is 5.69 Å². The van der Waals surface area contributed by atoms with Crippen LogP contribution in [0.2, 0.25) is 5.02 Å². The molecule has 0 radical (unpaired) electrons. The third-order valence-electron chi connectivity index (χ3n) is 4.68. The fourth-order valence-corrected chi connectivity index (χ4v) is 4.26. The molecule has 4 aromatic rings. The molecule has 0 fully saturated rings. The number of hydrogen-bond acceptors (Lipinski definition) is 6. The third-order valence-corrected chi connectivity index (χ3v) is 6.10. The molecular weight excluding hydrogens is 464 g/mol. The van der Waals surface area contributed by atoms with Gasteiger partial charge in [-0.05, 0) is 48.9 Å². The zero-order chi connectivity index (χ0) is 23.4. The minimum absolute atomic E-state index is 0.0584. The van der Waals surface area contributed by atoms with Crippen molar-refractivity contribution in [2.45, 2.75) is 13.5 Å². The van der Waals surface area contributed by atoms with Crippen molar-refractivity contribution < 1.29 is 18.7 Å². The molecule has 3 aromatic heterocycles. The summed E-state index contributed by atoms with van der Waals surface area (Å²) in [6.45, 7) is 2.12. The maximum atomic E-state index is 12.8. The molecule has 0 unspecified atom stereocenters. The summed E-state index contributed by atoms with van der Waals surface area (Å²) in [5.41, 5.74) is 1.00. The monoisotopic (exact) mass is 482 g/mol. The second-order valence-corrected chi connectivity index (χ2v) is 8.46. The van der Waals surface area contributed by atoms with E-state index in [1.807, 2.05) is 12.1 Å². The van der Waals surface area contributed by atoms with Gasteiger partial charge in [0.05, 0.1) is 18.8 Å². The molecular formula is C24H19ClN2O5S. The topological polar surface area (TPSA) is 90.5 Å². The van der Waals surface area contributed by atoms with Crippen LogP contribution in [-0.4, -0.2) is 23.1 Å². The SMILES string of the molecule is CCOC(=O)c1sc(-c2ccc(Cl)cc2)cc1NC(=O)c1ccc(Cn2ccccc2=O)o1. The van der Waals surface area contributed by atoms with Crippen LogP contribution in [0, 0.1) is 0 Å². The molecule has 0 saturated heterocycles. The van der Waals surface area contributed by atoms with E-state index in [1.54, 1.807) is 49.5 Å². The first kappa shape index (κ1) is 22.6. The van der Waals surface area contributed by atoms with E-state index >= 15 is 0 Å². The van der Waals surface area contributed by atoms with E-state index < -0.39 is 11.9 Å². The van der Waals surface area contributed by atoms with Crippen molar-refractivity contribution in [2.75, 3.05) is 11.9 Å². The minimum atomic E-state index is -0.526. The van der Waals surface area contributed by atoms with Crippen molar-refractivity contribution in [3.63, 3.8) is 0 Å². The van der Waals surface area contributed by atoms with Crippen molar-refractivity contribution in [3.05, 3.63) is 98.6 Å². The number of hydrogen-bond donors (Lipinski definition) is 1. The highest BCUT2D eigenvalue weighted by molar-refractivity contribution is 7.18. The Kier molecular flexibility index (Phi) is 6.76. The lowest BCUT2D eigenvalue weighted by Gasteiger charge is -2.05. The predicted molar refractivity (Wildman–Crippen MR) is 127 cm³/mol.